The maximum atomic E-state index is 2.43. The van der Waals surface area contributed by atoms with Gasteiger partial charge in [0.15, 0.2) is 0 Å². The summed E-state index contributed by atoms with van der Waals surface area (Å²) in [5, 5.41) is 0. The van der Waals surface area contributed by atoms with Crippen LogP contribution in [0.4, 0.5) is 0 Å². The molecule has 0 spiro atoms. The summed E-state index contributed by atoms with van der Waals surface area (Å²) in [7, 11) is 0. The van der Waals surface area contributed by atoms with Gasteiger partial charge in [0.1, 0.15) is 0 Å². The zero-order chi connectivity index (χ0) is 7.84. The number of fused-ring (bicyclic) bond motifs is 1. The lowest BCUT2D eigenvalue weighted by molar-refractivity contribution is 0.329. The summed E-state index contributed by atoms with van der Waals surface area (Å²) >= 11 is 0. The Balaban J connectivity index is 2.21. The van der Waals surface area contributed by atoms with Crippen LogP contribution in [0.15, 0.2) is 11.1 Å². The fourth-order valence-corrected chi connectivity index (χ4v) is 2.87. The lowest BCUT2D eigenvalue weighted by atomic mass is 9.78. The van der Waals surface area contributed by atoms with E-state index >= 15 is 0 Å². The first kappa shape index (κ1) is 7.39. The van der Waals surface area contributed by atoms with Crippen LogP contribution in [0.5, 0.6) is 0 Å². The molecule has 11 heavy (non-hydrogen) atoms. The molecule has 62 valence electrons. The standard InChI is InChI=1S/C11H18/c1-8-4-3-5-10-9(2)6-7-11(8)10/h8,11H,3-7H2,1-2H3. The summed E-state index contributed by atoms with van der Waals surface area (Å²) in [6, 6.07) is 0. The lowest BCUT2D eigenvalue weighted by Crippen LogP contribution is -2.16. The molecule has 0 radical (unpaired) electrons. The molecule has 1 saturated carbocycles. The molecule has 0 amide bonds. The third-order valence-electron chi connectivity index (χ3n) is 3.62. The van der Waals surface area contributed by atoms with Gasteiger partial charge in [-0.25, -0.2) is 0 Å². The molecule has 2 aliphatic carbocycles. The van der Waals surface area contributed by atoms with E-state index in [2.05, 4.69) is 13.8 Å². The van der Waals surface area contributed by atoms with Crippen molar-refractivity contribution in [2.45, 2.75) is 46.0 Å². The van der Waals surface area contributed by atoms with Crippen LogP contribution in [0.1, 0.15) is 46.0 Å². The molecule has 0 aliphatic heterocycles. The van der Waals surface area contributed by atoms with E-state index in [0.717, 1.165) is 11.8 Å². The fourth-order valence-electron chi connectivity index (χ4n) is 2.87. The highest BCUT2D eigenvalue weighted by atomic mass is 14.4. The Hall–Kier alpha value is -0.260. The number of rotatable bonds is 0. The van der Waals surface area contributed by atoms with E-state index in [1.165, 1.54) is 32.1 Å². The van der Waals surface area contributed by atoms with Crippen molar-refractivity contribution in [3.8, 4) is 0 Å². The minimum atomic E-state index is 0.983. The zero-order valence-electron chi connectivity index (χ0n) is 7.69. The van der Waals surface area contributed by atoms with Gasteiger partial charge in [0.25, 0.3) is 0 Å². The van der Waals surface area contributed by atoms with Gasteiger partial charge in [0.2, 0.25) is 0 Å². The van der Waals surface area contributed by atoms with E-state index in [0.29, 0.717) is 0 Å². The first-order chi connectivity index (χ1) is 5.29. The minimum absolute atomic E-state index is 0.983. The Morgan fingerprint density at radius 3 is 2.73 bits per heavy atom. The van der Waals surface area contributed by atoms with Crippen molar-refractivity contribution < 1.29 is 0 Å². The minimum Gasteiger partial charge on any atom is -0.0738 e. The molecular formula is C11H18. The first-order valence-corrected chi connectivity index (χ1v) is 4.97. The van der Waals surface area contributed by atoms with Gasteiger partial charge in [-0.3, -0.25) is 0 Å². The number of hydrogen-bond acceptors (Lipinski definition) is 0. The maximum absolute atomic E-state index is 2.43. The average Bonchev–Trinajstić information content (AvgIpc) is 2.35. The maximum Gasteiger partial charge on any atom is -0.0172 e. The highest BCUT2D eigenvalue weighted by Crippen LogP contribution is 2.44. The van der Waals surface area contributed by atoms with Crippen LogP contribution in [-0.2, 0) is 0 Å². The summed E-state index contributed by atoms with van der Waals surface area (Å²) < 4.78 is 0. The van der Waals surface area contributed by atoms with Gasteiger partial charge in [-0.2, -0.15) is 0 Å². The van der Waals surface area contributed by atoms with Crippen LogP contribution in [-0.4, -0.2) is 0 Å². The number of allylic oxidation sites excluding steroid dienone is 2. The summed E-state index contributed by atoms with van der Waals surface area (Å²) in [6.45, 7) is 4.77. The monoisotopic (exact) mass is 150 g/mol. The summed E-state index contributed by atoms with van der Waals surface area (Å²) in [5.41, 5.74) is 3.56. The van der Waals surface area contributed by atoms with E-state index < -0.39 is 0 Å². The Labute approximate surface area is 69.7 Å². The van der Waals surface area contributed by atoms with Crippen molar-refractivity contribution in [1.82, 2.24) is 0 Å². The first-order valence-electron chi connectivity index (χ1n) is 4.97. The molecule has 0 aromatic rings. The highest BCUT2D eigenvalue weighted by molar-refractivity contribution is 5.23. The normalized spacial score (nSPS) is 37.6. The van der Waals surface area contributed by atoms with Crippen molar-refractivity contribution in [1.29, 1.82) is 0 Å². The highest BCUT2D eigenvalue weighted by Gasteiger charge is 2.30. The largest absolute Gasteiger partial charge is 0.0738 e. The second kappa shape index (κ2) is 2.66. The second-order valence-corrected chi connectivity index (χ2v) is 4.32. The van der Waals surface area contributed by atoms with Crippen LogP contribution < -0.4 is 0 Å². The van der Waals surface area contributed by atoms with Crippen molar-refractivity contribution in [2.75, 3.05) is 0 Å². The molecule has 0 aromatic carbocycles. The molecule has 0 aromatic heterocycles. The second-order valence-electron chi connectivity index (χ2n) is 4.32. The Kier molecular flexibility index (Phi) is 1.78. The quantitative estimate of drug-likeness (QED) is 0.463. The van der Waals surface area contributed by atoms with Crippen molar-refractivity contribution in [3.05, 3.63) is 11.1 Å². The molecule has 0 saturated heterocycles. The average molecular weight is 150 g/mol. The van der Waals surface area contributed by atoms with E-state index in [9.17, 15) is 0 Å². The van der Waals surface area contributed by atoms with Crippen LogP contribution in [0.2, 0.25) is 0 Å². The molecule has 0 heterocycles. The molecule has 0 nitrogen and oxygen atoms in total. The molecule has 2 unspecified atom stereocenters. The van der Waals surface area contributed by atoms with Gasteiger partial charge in [-0.05, 0) is 50.9 Å². The third-order valence-corrected chi connectivity index (χ3v) is 3.62. The Morgan fingerprint density at radius 1 is 1.18 bits per heavy atom. The molecule has 0 bridgehead atoms. The predicted octanol–water partition coefficient (Wildman–Crippen LogP) is 3.53. The lowest BCUT2D eigenvalue weighted by Gasteiger charge is -2.28. The predicted molar refractivity (Wildman–Crippen MR) is 48.4 cm³/mol. The summed E-state index contributed by atoms with van der Waals surface area (Å²) in [6.07, 6.45) is 7.19. The van der Waals surface area contributed by atoms with Crippen LogP contribution in [0.25, 0.3) is 0 Å². The fraction of sp³-hybridized carbons (Fsp3) is 0.818. The molecule has 2 rings (SSSR count). The summed E-state index contributed by atoms with van der Waals surface area (Å²) in [4.78, 5) is 0. The van der Waals surface area contributed by atoms with Gasteiger partial charge in [-0.1, -0.05) is 18.1 Å². The molecular weight excluding hydrogens is 132 g/mol. The van der Waals surface area contributed by atoms with E-state index in [4.69, 9.17) is 0 Å². The third kappa shape index (κ3) is 1.13. The molecule has 2 atom stereocenters. The van der Waals surface area contributed by atoms with Crippen LogP contribution >= 0.6 is 0 Å². The van der Waals surface area contributed by atoms with E-state index in [1.54, 1.807) is 5.57 Å². The molecule has 0 N–H and O–H groups in total. The van der Waals surface area contributed by atoms with Crippen molar-refractivity contribution in [3.63, 3.8) is 0 Å². The molecule has 0 heteroatoms. The van der Waals surface area contributed by atoms with Gasteiger partial charge in [0.05, 0.1) is 0 Å². The number of hydrogen-bond donors (Lipinski definition) is 0. The van der Waals surface area contributed by atoms with Crippen molar-refractivity contribution in [2.24, 2.45) is 11.8 Å². The van der Waals surface area contributed by atoms with Gasteiger partial charge >= 0.3 is 0 Å². The van der Waals surface area contributed by atoms with Gasteiger partial charge in [-0.15, -0.1) is 0 Å². The molecule has 1 fully saturated rings. The zero-order valence-corrected chi connectivity index (χ0v) is 7.69. The Bertz CT molecular complexity index is 188. The van der Waals surface area contributed by atoms with Crippen LogP contribution in [0.3, 0.4) is 0 Å². The van der Waals surface area contributed by atoms with Crippen molar-refractivity contribution >= 4 is 0 Å². The molecule has 2 aliphatic rings. The van der Waals surface area contributed by atoms with E-state index in [1.807, 2.05) is 5.57 Å². The van der Waals surface area contributed by atoms with Crippen LogP contribution in [0, 0.1) is 11.8 Å². The topological polar surface area (TPSA) is 0 Å². The van der Waals surface area contributed by atoms with Gasteiger partial charge < -0.3 is 0 Å². The van der Waals surface area contributed by atoms with E-state index in [-0.39, 0.29) is 0 Å². The summed E-state index contributed by atoms with van der Waals surface area (Å²) in [5.74, 6) is 1.97. The SMILES string of the molecule is CC1=C2CCCC(C)C2CC1. The van der Waals surface area contributed by atoms with Gasteiger partial charge in [0, 0.05) is 0 Å². The smallest absolute Gasteiger partial charge is 0.0172 e. The Morgan fingerprint density at radius 2 is 2.00 bits per heavy atom.